The van der Waals surface area contributed by atoms with Crippen molar-refractivity contribution in [3.8, 4) is 18.1 Å². The molecule has 3 nitrogen and oxygen atoms in total. The molecular formula is C31H23F4O3S2+. The molecule has 0 N–H and O–H groups in total. The summed E-state index contributed by atoms with van der Waals surface area (Å²) in [5.74, 6) is 0.700. The van der Waals surface area contributed by atoms with E-state index in [0.717, 1.165) is 14.7 Å². The third-order valence-electron chi connectivity index (χ3n) is 5.67. The Balaban J connectivity index is 1.45. The fourth-order valence-electron chi connectivity index (χ4n) is 3.79. The van der Waals surface area contributed by atoms with Crippen LogP contribution in [0.4, 0.5) is 17.6 Å². The lowest BCUT2D eigenvalue weighted by Gasteiger charge is -2.24. The molecule has 4 aromatic rings. The molecule has 0 aliphatic rings. The van der Waals surface area contributed by atoms with E-state index in [2.05, 4.69) is 5.92 Å². The third-order valence-corrected chi connectivity index (χ3v) is 8.63. The average Bonchev–Trinajstić information content (AvgIpc) is 2.93. The summed E-state index contributed by atoms with van der Waals surface area (Å²) in [5.41, 5.74) is -5.69. The topological polar surface area (TPSA) is 35.5 Å². The molecule has 1 atom stereocenters. The first-order valence-corrected chi connectivity index (χ1v) is 13.9. The van der Waals surface area contributed by atoms with Gasteiger partial charge in [0.05, 0.1) is 10.9 Å². The van der Waals surface area contributed by atoms with Crippen molar-refractivity contribution in [2.24, 2.45) is 0 Å². The van der Waals surface area contributed by atoms with Gasteiger partial charge in [0.1, 0.15) is 0 Å². The minimum absolute atomic E-state index is 0.0356. The predicted molar refractivity (Wildman–Crippen MR) is 148 cm³/mol. The van der Waals surface area contributed by atoms with Gasteiger partial charge < -0.3 is 9.47 Å². The maximum absolute atomic E-state index is 15.1. The number of carbonyl (C=O) groups excluding carboxylic acids is 1. The minimum atomic E-state index is -4.43. The quantitative estimate of drug-likeness (QED) is 0.0658. The standard InChI is InChI=1S/C31H23F4O3S2/c1-3-30(2,22-14-16-23(17-15-22)39-31(33,34)35)38-29(36)21-37-28-19-18-26(20-27(28)32)40(24-10-6-4-7-11-24)25-12-8-5-9-13-25/h1,4-20H,21H2,2H3/q+1. The lowest BCUT2D eigenvalue weighted by Crippen LogP contribution is -2.30. The number of ether oxygens (including phenoxy) is 2. The molecule has 40 heavy (non-hydrogen) atoms. The molecule has 4 rings (SSSR count). The van der Waals surface area contributed by atoms with Gasteiger partial charge in [0, 0.05) is 16.5 Å². The molecule has 1 unspecified atom stereocenters. The lowest BCUT2D eigenvalue weighted by molar-refractivity contribution is -0.156. The van der Waals surface area contributed by atoms with E-state index in [9.17, 15) is 18.0 Å². The maximum Gasteiger partial charge on any atom is 0.446 e. The van der Waals surface area contributed by atoms with E-state index in [1.165, 1.54) is 43.3 Å². The van der Waals surface area contributed by atoms with Crippen LogP contribution < -0.4 is 4.74 Å². The lowest BCUT2D eigenvalue weighted by atomic mass is 9.97. The average molecular weight is 584 g/mol. The van der Waals surface area contributed by atoms with Gasteiger partial charge in [0.25, 0.3) is 0 Å². The van der Waals surface area contributed by atoms with Crippen molar-refractivity contribution in [3.63, 3.8) is 0 Å². The van der Waals surface area contributed by atoms with E-state index in [1.54, 1.807) is 6.07 Å². The number of alkyl halides is 3. The number of thioether (sulfide) groups is 1. The second-order valence-electron chi connectivity index (χ2n) is 8.54. The highest BCUT2D eigenvalue weighted by Crippen LogP contribution is 2.38. The molecule has 0 spiro atoms. The van der Waals surface area contributed by atoms with Crippen molar-refractivity contribution >= 4 is 28.6 Å². The van der Waals surface area contributed by atoms with Crippen LogP contribution in [0, 0.1) is 18.2 Å². The Hall–Kier alpha value is -3.87. The Labute approximate surface area is 236 Å². The first-order chi connectivity index (χ1) is 19.1. The molecule has 0 saturated heterocycles. The molecule has 0 aliphatic heterocycles. The summed E-state index contributed by atoms with van der Waals surface area (Å²) in [4.78, 5) is 15.3. The summed E-state index contributed by atoms with van der Waals surface area (Å²) in [6, 6.07) is 29.3. The number of benzene rings is 4. The van der Waals surface area contributed by atoms with Crippen LogP contribution in [0.15, 0.2) is 123 Å². The summed E-state index contributed by atoms with van der Waals surface area (Å²) in [5, 5.41) is 0. The van der Waals surface area contributed by atoms with Crippen LogP contribution in [0.2, 0.25) is 0 Å². The van der Waals surface area contributed by atoms with Crippen LogP contribution >= 0.6 is 11.8 Å². The first-order valence-electron chi connectivity index (χ1n) is 11.9. The summed E-state index contributed by atoms with van der Waals surface area (Å²) >= 11 is -0.266. The van der Waals surface area contributed by atoms with Gasteiger partial charge in [0.15, 0.2) is 38.5 Å². The molecular weight excluding hydrogens is 560 g/mol. The molecule has 0 amide bonds. The van der Waals surface area contributed by atoms with E-state index >= 15 is 4.39 Å². The highest BCUT2D eigenvalue weighted by atomic mass is 32.2. The molecule has 0 saturated carbocycles. The van der Waals surface area contributed by atoms with Crippen molar-refractivity contribution in [3.05, 3.63) is 115 Å². The highest BCUT2D eigenvalue weighted by molar-refractivity contribution is 8.00. The predicted octanol–water partition coefficient (Wildman–Crippen LogP) is 8.00. The van der Waals surface area contributed by atoms with Crippen LogP contribution in [0.1, 0.15) is 12.5 Å². The van der Waals surface area contributed by atoms with Gasteiger partial charge in [-0.2, -0.15) is 13.2 Å². The maximum atomic E-state index is 15.1. The smallest absolute Gasteiger partial charge is 0.446 e. The zero-order chi connectivity index (χ0) is 28.8. The highest BCUT2D eigenvalue weighted by Gasteiger charge is 2.32. The molecule has 0 heterocycles. The molecule has 204 valence electrons. The molecule has 0 bridgehead atoms. The monoisotopic (exact) mass is 583 g/mol. The fraction of sp³-hybridized carbons (Fsp3) is 0.129. The third kappa shape index (κ3) is 7.40. The number of halogens is 4. The molecule has 0 aromatic heterocycles. The zero-order valence-corrected chi connectivity index (χ0v) is 22.8. The number of hydrogen-bond acceptors (Lipinski definition) is 4. The summed E-state index contributed by atoms with van der Waals surface area (Å²) in [6.45, 7) is 0.805. The van der Waals surface area contributed by atoms with Gasteiger partial charge >= 0.3 is 11.5 Å². The summed E-state index contributed by atoms with van der Waals surface area (Å²) < 4.78 is 63.8. The van der Waals surface area contributed by atoms with Gasteiger partial charge in [-0.15, -0.1) is 6.42 Å². The Morgan fingerprint density at radius 3 is 1.95 bits per heavy atom. The van der Waals surface area contributed by atoms with Gasteiger partial charge in [-0.05, 0) is 67.2 Å². The Kier molecular flexibility index (Phi) is 9.13. The van der Waals surface area contributed by atoms with Crippen LogP contribution in [-0.4, -0.2) is 18.1 Å². The number of terminal acetylenes is 1. The van der Waals surface area contributed by atoms with Gasteiger partial charge in [-0.3, -0.25) is 0 Å². The molecule has 4 aromatic carbocycles. The van der Waals surface area contributed by atoms with Crippen LogP contribution in [0.5, 0.6) is 5.75 Å². The summed E-state index contributed by atoms with van der Waals surface area (Å²) in [7, 11) is -0.563. The summed E-state index contributed by atoms with van der Waals surface area (Å²) in [6.07, 6.45) is 5.59. The SMILES string of the molecule is C#CC(C)(OC(=O)COc1ccc([S+](c2ccccc2)c2ccccc2)cc1F)c1ccc(SC(F)(F)F)cc1. The van der Waals surface area contributed by atoms with E-state index in [-0.39, 0.29) is 22.4 Å². The van der Waals surface area contributed by atoms with Gasteiger partial charge in [-0.25, -0.2) is 9.18 Å². The van der Waals surface area contributed by atoms with Crippen molar-refractivity contribution in [1.82, 2.24) is 0 Å². The number of esters is 1. The second kappa shape index (κ2) is 12.5. The van der Waals surface area contributed by atoms with Crippen molar-refractivity contribution in [2.75, 3.05) is 6.61 Å². The molecule has 0 aliphatic carbocycles. The van der Waals surface area contributed by atoms with Gasteiger partial charge in [0.2, 0.25) is 0 Å². The second-order valence-corrected chi connectivity index (χ2v) is 11.7. The minimum Gasteiger partial charge on any atom is -0.479 e. The largest absolute Gasteiger partial charge is 0.479 e. The van der Waals surface area contributed by atoms with E-state index < -0.39 is 40.4 Å². The van der Waals surface area contributed by atoms with Crippen LogP contribution in [0.25, 0.3) is 0 Å². The van der Waals surface area contributed by atoms with Gasteiger partial charge in [-0.1, -0.05) is 54.5 Å². The first kappa shape index (κ1) is 29.1. The Bertz CT molecular complexity index is 1450. The van der Waals surface area contributed by atoms with Crippen molar-refractivity contribution in [1.29, 1.82) is 0 Å². The number of hydrogen-bond donors (Lipinski definition) is 0. The Morgan fingerprint density at radius 1 is 0.875 bits per heavy atom. The van der Waals surface area contributed by atoms with Crippen LogP contribution in [0.3, 0.4) is 0 Å². The van der Waals surface area contributed by atoms with Crippen molar-refractivity contribution < 1.29 is 31.8 Å². The van der Waals surface area contributed by atoms with E-state index in [0.29, 0.717) is 5.56 Å². The Morgan fingerprint density at radius 2 is 1.45 bits per heavy atom. The van der Waals surface area contributed by atoms with Crippen molar-refractivity contribution in [2.45, 2.75) is 37.6 Å². The van der Waals surface area contributed by atoms with E-state index in [4.69, 9.17) is 15.9 Å². The number of carbonyl (C=O) groups is 1. The molecule has 0 fully saturated rings. The number of rotatable bonds is 9. The molecule has 9 heteroatoms. The molecule has 0 radical (unpaired) electrons. The van der Waals surface area contributed by atoms with Crippen LogP contribution in [-0.2, 0) is 26.0 Å². The fourth-order valence-corrected chi connectivity index (χ4v) is 6.43. The zero-order valence-electron chi connectivity index (χ0n) is 21.2. The van der Waals surface area contributed by atoms with E-state index in [1.807, 2.05) is 60.7 Å². The normalized spacial score (nSPS) is 12.8.